The van der Waals surface area contributed by atoms with Crippen LogP contribution in [0.1, 0.15) is 25.3 Å². The van der Waals surface area contributed by atoms with Crippen molar-refractivity contribution < 1.29 is 16.8 Å². The third-order valence-corrected chi connectivity index (χ3v) is 10.6. The first kappa shape index (κ1) is 27.5. The molecule has 4 aromatic rings. The zero-order chi connectivity index (χ0) is 28.3. The maximum atomic E-state index is 13.5. The number of sulfonamides is 1. The predicted octanol–water partition coefficient (Wildman–Crippen LogP) is 5.30. The molecule has 40 heavy (non-hydrogen) atoms. The largest absolute Gasteiger partial charge is 0.243 e. The lowest BCUT2D eigenvalue weighted by Crippen LogP contribution is -2.37. The van der Waals surface area contributed by atoms with Crippen LogP contribution in [0.3, 0.4) is 0 Å². The Kier molecular flexibility index (Phi) is 7.72. The van der Waals surface area contributed by atoms with Crippen molar-refractivity contribution in [3.8, 4) is 23.0 Å². The summed E-state index contributed by atoms with van der Waals surface area (Å²) in [4.78, 5) is -0.302. The zero-order valence-corrected chi connectivity index (χ0v) is 23.5. The molecule has 5 rings (SSSR count). The van der Waals surface area contributed by atoms with Crippen LogP contribution in [0.2, 0.25) is 0 Å². The van der Waals surface area contributed by atoms with Crippen LogP contribution in [0.4, 0.5) is 0 Å². The van der Waals surface area contributed by atoms with E-state index in [-0.39, 0.29) is 9.79 Å². The van der Waals surface area contributed by atoms with Gasteiger partial charge in [0.25, 0.3) is 0 Å². The lowest BCUT2D eigenvalue weighted by Gasteiger charge is -2.29. The third kappa shape index (κ3) is 5.49. The number of hydrogen-bond donors (Lipinski definition) is 0. The van der Waals surface area contributed by atoms with Crippen molar-refractivity contribution in [2.24, 2.45) is 5.92 Å². The summed E-state index contributed by atoms with van der Waals surface area (Å²) in [5.41, 5.74) is 1.92. The van der Waals surface area contributed by atoms with Gasteiger partial charge >= 0.3 is 0 Å². The Morgan fingerprint density at radius 1 is 0.900 bits per heavy atom. The van der Waals surface area contributed by atoms with Gasteiger partial charge in [-0.05, 0) is 61.2 Å². The van der Waals surface area contributed by atoms with Gasteiger partial charge in [0.05, 0.1) is 15.5 Å². The van der Waals surface area contributed by atoms with E-state index in [4.69, 9.17) is 5.10 Å². The molecule has 8 nitrogen and oxygen atoms in total. The highest BCUT2D eigenvalue weighted by molar-refractivity contribution is 7.95. The number of benzene rings is 3. The second-order valence-corrected chi connectivity index (χ2v) is 13.6. The molecule has 10 heteroatoms. The van der Waals surface area contributed by atoms with E-state index in [0.717, 1.165) is 18.5 Å². The first-order valence-corrected chi connectivity index (χ1v) is 15.8. The van der Waals surface area contributed by atoms with Crippen molar-refractivity contribution >= 4 is 25.9 Å². The van der Waals surface area contributed by atoms with Crippen LogP contribution in [0, 0.1) is 17.2 Å². The Bertz CT molecular complexity index is 1800. The van der Waals surface area contributed by atoms with E-state index >= 15 is 0 Å². The minimum absolute atomic E-state index is 0.00346. The van der Waals surface area contributed by atoms with Crippen LogP contribution in [0.15, 0.2) is 106 Å². The van der Waals surface area contributed by atoms with Crippen LogP contribution >= 0.6 is 0 Å². The summed E-state index contributed by atoms with van der Waals surface area (Å²) in [7, 11) is -7.82. The maximum Gasteiger partial charge on any atom is 0.243 e. The smallest absolute Gasteiger partial charge is 0.240 e. The first-order valence-electron chi connectivity index (χ1n) is 12.9. The van der Waals surface area contributed by atoms with Crippen LogP contribution in [-0.4, -0.2) is 44.0 Å². The number of para-hydroxylation sites is 1. The van der Waals surface area contributed by atoms with Crippen LogP contribution < -0.4 is 0 Å². The molecule has 1 aliphatic heterocycles. The molecule has 204 valence electrons. The Hall–Kier alpha value is -4.04. The molecule has 0 saturated carbocycles. The normalized spacial score (nSPS) is 15.6. The van der Waals surface area contributed by atoms with E-state index in [1.807, 2.05) is 36.4 Å². The van der Waals surface area contributed by atoms with Gasteiger partial charge in [0, 0.05) is 30.4 Å². The van der Waals surface area contributed by atoms with Gasteiger partial charge < -0.3 is 0 Å². The monoisotopic (exact) mass is 572 g/mol. The van der Waals surface area contributed by atoms with Crippen molar-refractivity contribution in [3.05, 3.63) is 102 Å². The van der Waals surface area contributed by atoms with Gasteiger partial charge in [0.2, 0.25) is 19.9 Å². The molecule has 1 saturated heterocycles. The SMILES string of the molecule is CC1CCN(S(=O)(=O)c2cccc(-c3nn(-c4ccccc4)cc3/C=C(/C#N)S(=O)(=O)c3ccccc3)c2)CC1. The topological polar surface area (TPSA) is 113 Å². The second-order valence-electron chi connectivity index (χ2n) is 9.76. The van der Waals surface area contributed by atoms with Gasteiger partial charge in [-0.2, -0.15) is 14.7 Å². The molecule has 0 N–H and O–H groups in total. The Balaban J connectivity index is 1.63. The number of piperidine rings is 1. The van der Waals surface area contributed by atoms with Gasteiger partial charge in [-0.3, -0.25) is 0 Å². The number of hydrogen-bond acceptors (Lipinski definition) is 6. The number of nitrogens with zero attached hydrogens (tertiary/aromatic N) is 4. The molecule has 1 fully saturated rings. The van der Waals surface area contributed by atoms with E-state index < -0.39 is 24.8 Å². The molecule has 1 aliphatic rings. The highest BCUT2D eigenvalue weighted by Crippen LogP contribution is 2.31. The minimum Gasteiger partial charge on any atom is -0.240 e. The van der Waals surface area contributed by atoms with Crippen molar-refractivity contribution in [1.82, 2.24) is 14.1 Å². The highest BCUT2D eigenvalue weighted by Gasteiger charge is 2.29. The fourth-order valence-corrected chi connectivity index (χ4v) is 7.33. The molecular weight excluding hydrogens is 544 g/mol. The van der Waals surface area contributed by atoms with Crippen molar-refractivity contribution in [1.29, 1.82) is 5.26 Å². The molecule has 3 aromatic carbocycles. The van der Waals surface area contributed by atoms with Gasteiger partial charge in [0.15, 0.2) is 0 Å². The quantitative estimate of drug-likeness (QED) is 0.278. The predicted molar refractivity (Wildman–Crippen MR) is 153 cm³/mol. The average molecular weight is 573 g/mol. The average Bonchev–Trinajstić information content (AvgIpc) is 3.41. The Labute approximate surface area is 234 Å². The second kappa shape index (κ2) is 11.2. The minimum atomic E-state index is -4.09. The number of nitriles is 1. The van der Waals surface area contributed by atoms with Crippen molar-refractivity contribution in [2.45, 2.75) is 29.6 Å². The van der Waals surface area contributed by atoms with Crippen LogP contribution in [0.25, 0.3) is 23.0 Å². The maximum absolute atomic E-state index is 13.5. The van der Waals surface area contributed by atoms with E-state index in [0.29, 0.717) is 35.8 Å². The summed E-state index contributed by atoms with van der Waals surface area (Å²) in [6.07, 6.45) is 4.54. The third-order valence-electron chi connectivity index (χ3n) is 6.99. The summed E-state index contributed by atoms with van der Waals surface area (Å²) in [5.74, 6) is 0.482. The molecule has 0 amide bonds. The Morgan fingerprint density at radius 2 is 1.52 bits per heavy atom. The van der Waals surface area contributed by atoms with Crippen molar-refractivity contribution in [3.63, 3.8) is 0 Å². The molecule has 0 atom stereocenters. The van der Waals surface area contributed by atoms with Gasteiger partial charge in [-0.15, -0.1) is 0 Å². The number of aromatic nitrogens is 2. The van der Waals surface area contributed by atoms with E-state index in [1.54, 1.807) is 53.3 Å². The summed E-state index contributed by atoms with van der Waals surface area (Å²) >= 11 is 0. The van der Waals surface area contributed by atoms with Gasteiger partial charge in [-0.25, -0.2) is 21.5 Å². The number of sulfone groups is 1. The summed E-state index contributed by atoms with van der Waals surface area (Å²) in [6.45, 7) is 3.05. The first-order chi connectivity index (χ1) is 19.2. The van der Waals surface area contributed by atoms with E-state index in [2.05, 4.69) is 6.92 Å². The van der Waals surface area contributed by atoms with Crippen molar-refractivity contribution in [2.75, 3.05) is 13.1 Å². The highest BCUT2D eigenvalue weighted by atomic mass is 32.2. The van der Waals surface area contributed by atoms with E-state index in [9.17, 15) is 22.1 Å². The molecule has 2 heterocycles. The molecule has 0 spiro atoms. The summed E-state index contributed by atoms with van der Waals surface area (Å²) < 4.78 is 56.6. The summed E-state index contributed by atoms with van der Waals surface area (Å²) in [5, 5.41) is 14.6. The Morgan fingerprint density at radius 3 is 2.17 bits per heavy atom. The van der Waals surface area contributed by atoms with Gasteiger partial charge in [-0.1, -0.05) is 55.5 Å². The summed E-state index contributed by atoms with van der Waals surface area (Å²) in [6, 6.07) is 25.3. The lowest BCUT2D eigenvalue weighted by atomic mass is 10.0. The molecule has 1 aromatic heterocycles. The molecule has 0 unspecified atom stereocenters. The zero-order valence-electron chi connectivity index (χ0n) is 21.9. The van der Waals surface area contributed by atoms with E-state index in [1.165, 1.54) is 22.5 Å². The fraction of sp³-hybridized carbons (Fsp3) is 0.200. The molecular formula is C30H28N4O4S2. The number of allylic oxidation sites excluding steroid dienone is 1. The molecule has 0 radical (unpaired) electrons. The lowest BCUT2D eigenvalue weighted by molar-refractivity contribution is 0.288. The van der Waals surface area contributed by atoms with Crippen LogP contribution in [-0.2, 0) is 19.9 Å². The van der Waals surface area contributed by atoms with Gasteiger partial charge in [0.1, 0.15) is 16.7 Å². The number of rotatable bonds is 7. The molecule has 0 aliphatic carbocycles. The fourth-order valence-electron chi connectivity index (χ4n) is 4.65. The van der Waals surface area contributed by atoms with Crippen LogP contribution in [0.5, 0.6) is 0 Å². The standard InChI is InChI=1S/C30H28N4O4S2/c1-23-15-17-33(18-16-23)40(37,38)28-14-8-9-24(19-28)30-25(22-34(32-30)26-10-4-2-5-11-26)20-29(21-31)39(35,36)27-12-6-3-7-13-27/h2-14,19-20,22-23H,15-18H2,1H3/b29-20-. The molecule has 0 bridgehead atoms.